The first kappa shape index (κ1) is 17.2. The molecule has 1 aromatic heterocycles. The highest BCUT2D eigenvalue weighted by Gasteiger charge is 2.43. The second kappa shape index (κ2) is 7.50. The fraction of sp³-hybridized carbons (Fsp3) is 0.667. The molecule has 0 aromatic carbocycles. The molecule has 132 valence electrons. The molecule has 2 fully saturated rings. The van der Waals surface area contributed by atoms with E-state index >= 15 is 0 Å². The number of aromatic nitrogens is 2. The third-order valence-electron chi connectivity index (χ3n) is 4.38. The molecule has 2 amide bonds. The van der Waals surface area contributed by atoms with E-state index in [2.05, 4.69) is 33.3 Å². The molecular formula is C15H22ClN5O3. The van der Waals surface area contributed by atoms with E-state index in [1.54, 1.807) is 12.1 Å². The van der Waals surface area contributed by atoms with Gasteiger partial charge in [-0.15, -0.1) is 10.2 Å². The molecular weight excluding hydrogens is 334 g/mol. The number of hydrazine groups is 1. The SMILES string of the molecule is CC1CCC2(CC1)OCC(CNC(=O)NNc1ccc(Cl)nn1)O2. The second-order valence-electron chi connectivity index (χ2n) is 6.35. The highest BCUT2D eigenvalue weighted by Crippen LogP contribution is 2.39. The summed E-state index contributed by atoms with van der Waals surface area (Å²) in [5, 5.41) is 10.5. The predicted octanol–water partition coefficient (Wildman–Crippen LogP) is 2.08. The second-order valence-corrected chi connectivity index (χ2v) is 6.73. The number of halogens is 1. The Morgan fingerprint density at radius 3 is 2.88 bits per heavy atom. The van der Waals surface area contributed by atoms with Gasteiger partial charge in [0.05, 0.1) is 6.61 Å². The lowest BCUT2D eigenvalue weighted by Gasteiger charge is -2.34. The molecule has 2 heterocycles. The highest BCUT2D eigenvalue weighted by atomic mass is 35.5. The van der Waals surface area contributed by atoms with E-state index in [0.29, 0.717) is 19.0 Å². The Hall–Kier alpha value is -1.64. The number of nitrogens with zero attached hydrogens (tertiary/aromatic N) is 2. The van der Waals surface area contributed by atoms with Gasteiger partial charge in [-0.25, -0.2) is 4.79 Å². The quantitative estimate of drug-likeness (QED) is 0.715. The smallest absolute Gasteiger partial charge is 0.333 e. The number of anilines is 1. The number of carbonyl (C=O) groups excluding carboxylic acids is 1. The van der Waals surface area contributed by atoms with Gasteiger partial charge in [0.1, 0.15) is 6.10 Å². The van der Waals surface area contributed by atoms with E-state index in [1.165, 1.54) is 0 Å². The van der Waals surface area contributed by atoms with Crippen LogP contribution in [0.1, 0.15) is 32.6 Å². The summed E-state index contributed by atoms with van der Waals surface area (Å²) in [5.74, 6) is 0.685. The van der Waals surface area contributed by atoms with Crippen molar-refractivity contribution in [3.63, 3.8) is 0 Å². The van der Waals surface area contributed by atoms with Crippen molar-refractivity contribution in [2.75, 3.05) is 18.6 Å². The van der Waals surface area contributed by atoms with Crippen molar-refractivity contribution in [3.05, 3.63) is 17.3 Å². The van der Waals surface area contributed by atoms with Crippen molar-refractivity contribution < 1.29 is 14.3 Å². The van der Waals surface area contributed by atoms with Gasteiger partial charge in [0, 0.05) is 19.4 Å². The predicted molar refractivity (Wildman–Crippen MR) is 88.4 cm³/mol. The standard InChI is InChI=1S/C15H22ClN5O3/c1-10-4-6-15(7-5-10)23-9-11(24-15)8-17-14(22)21-20-13-3-2-12(16)18-19-13/h2-3,10-11H,4-9H2,1H3,(H,19,20)(H2,17,21,22). The molecule has 1 aliphatic heterocycles. The van der Waals surface area contributed by atoms with Crippen molar-refractivity contribution in [3.8, 4) is 0 Å². The molecule has 1 spiro atoms. The number of urea groups is 1. The molecule has 1 atom stereocenters. The summed E-state index contributed by atoms with van der Waals surface area (Å²) in [7, 11) is 0. The monoisotopic (exact) mass is 355 g/mol. The maximum Gasteiger partial charge on any atom is 0.333 e. The van der Waals surface area contributed by atoms with Crippen LogP contribution in [-0.2, 0) is 9.47 Å². The van der Waals surface area contributed by atoms with Gasteiger partial charge in [-0.1, -0.05) is 18.5 Å². The number of hydrogen-bond donors (Lipinski definition) is 3. The van der Waals surface area contributed by atoms with Crippen LogP contribution in [0.15, 0.2) is 12.1 Å². The molecule has 9 heteroatoms. The summed E-state index contributed by atoms with van der Waals surface area (Å²) in [6.07, 6.45) is 3.96. The maximum atomic E-state index is 11.8. The highest BCUT2D eigenvalue weighted by molar-refractivity contribution is 6.29. The summed E-state index contributed by atoms with van der Waals surface area (Å²) in [6, 6.07) is 2.80. The number of amides is 2. The fourth-order valence-electron chi connectivity index (χ4n) is 2.94. The first-order valence-electron chi connectivity index (χ1n) is 8.15. The zero-order chi connectivity index (χ0) is 17.0. The van der Waals surface area contributed by atoms with E-state index in [4.69, 9.17) is 21.1 Å². The van der Waals surface area contributed by atoms with Crippen LogP contribution in [-0.4, -0.2) is 41.3 Å². The van der Waals surface area contributed by atoms with Crippen molar-refractivity contribution in [2.45, 2.75) is 44.5 Å². The molecule has 1 saturated heterocycles. The number of hydrogen-bond acceptors (Lipinski definition) is 6. The summed E-state index contributed by atoms with van der Waals surface area (Å²) >= 11 is 5.64. The van der Waals surface area contributed by atoms with Crippen LogP contribution < -0.4 is 16.2 Å². The van der Waals surface area contributed by atoms with E-state index in [1.807, 2.05) is 0 Å². The first-order chi connectivity index (χ1) is 11.5. The van der Waals surface area contributed by atoms with Crippen molar-refractivity contribution in [1.82, 2.24) is 20.9 Å². The van der Waals surface area contributed by atoms with Crippen LogP contribution in [0.4, 0.5) is 10.6 Å². The number of ether oxygens (including phenoxy) is 2. The Bertz CT molecular complexity index is 563. The van der Waals surface area contributed by atoms with Gasteiger partial charge in [0.15, 0.2) is 16.8 Å². The lowest BCUT2D eigenvalue weighted by Crippen LogP contribution is -2.43. The molecule has 1 saturated carbocycles. The molecule has 3 rings (SSSR count). The average molecular weight is 356 g/mol. The minimum absolute atomic E-state index is 0.125. The largest absolute Gasteiger partial charge is 0.347 e. The fourth-order valence-corrected chi connectivity index (χ4v) is 3.04. The molecule has 0 bridgehead atoms. The summed E-state index contributed by atoms with van der Waals surface area (Å²) in [6.45, 7) is 3.14. The van der Waals surface area contributed by atoms with E-state index in [0.717, 1.165) is 31.6 Å². The number of carbonyl (C=O) groups is 1. The summed E-state index contributed by atoms with van der Waals surface area (Å²) in [4.78, 5) is 11.8. The molecule has 1 aliphatic carbocycles. The Morgan fingerprint density at radius 2 is 2.17 bits per heavy atom. The number of rotatable bonds is 4. The van der Waals surface area contributed by atoms with E-state index < -0.39 is 5.79 Å². The molecule has 3 N–H and O–H groups in total. The molecule has 0 radical (unpaired) electrons. The van der Waals surface area contributed by atoms with Crippen LogP contribution in [0, 0.1) is 5.92 Å². The lowest BCUT2D eigenvalue weighted by atomic mass is 9.86. The van der Waals surface area contributed by atoms with E-state index in [9.17, 15) is 4.79 Å². The molecule has 24 heavy (non-hydrogen) atoms. The molecule has 2 aliphatic rings. The van der Waals surface area contributed by atoms with Crippen LogP contribution in [0.3, 0.4) is 0 Å². The zero-order valence-electron chi connectivity index (χ0n) is 13.5. The van der Waals surface area contributed by atoms with Gasteiger partial charge in [-0.3, -0.25) is 10.9 Å². The molecule has 8 nitrogen and oxygen atoms in total. The minimum atomic E-state index is -0.438. The average Bonchev–Trinajstić information content (AvgIpc) is 2.98. The van der Waals surface area contributed by atoms with Gasteiger partial charge in [0.2, 0.25) is 0 Å². The normalized spacial score (nSPS) is 29.4. The Labute approximate surface area is 145 Å². The van der Waals surface area contributed by atoms with Crippen molar-refractivity contribution >= 4 is 23.4 Å². The van der Waals surface area contributed by atoms with Gasteiger partial charge in [-0.05, 0) is 30.9 Å². The molecule has 1 aromatic rings. The Kier molecular flexibility index (Phi) is 5.37. The third-order valence-corrected chi connectivity index (χ3v) is 4.58. The summed E-state index contributed by atoms with van der Waals surface area (Å²) < 4.78 is 11.9. The third kappa shape index (κ3) is 4.46. The van der Waals surface area contributed by atoms with Crippen LogP contribution in [0.5, 0.6) is 0 Å². The van der Waals surface area contributed by atoms with Gasteiger partial charge in [-0.2, -0.15) is 0 Å². The van der Waals surface area contributed by atoms with Crippen LogP contribution >= 0.6 is 11.6 Å². The first-order valence-corrected chi connectivity index (χ1v) is 8.53. The lowest BCUT2D eigenvalue weighted by molar-refractivity contribution is -0.191. The molecule has 1 unspecified atom stereocenters. The topological polar surface area (TPSA) is 97.4 Å². The maximum absolute atomic E-state index is 11.8. The van der Waals surface area contributed by atoms with E-state index in [-0.39, 0.29) is 17.3 Å². The minimum Gasteiger partial charge on any atom is -0.347 e. The van der Waals surface area contributed by atoms with Crippen molar-refractivity contribution in [1.29, 1.82) is 0 Å². The summed E-state index contributed by atoms with van der Waals surface area (Å²) in [5.41, 5.74) is 5.12. The van der Waals surface area contributed by atoms with Crippen LogP contribution in [0.25, 0.3) is 0 Å². The van der Waals surface area contributed by atoms with Gasteiger partial charge >= 0.3 is 6.03 Å². The van der Waals surface area contributed by atoms with Gasteiger partial charge in [0.25, 0.3) is 0 Å². The Balaban J connectivity index is 1.37. The number of nitrogens with one attached hydrogen (secondary N) is 3. The van der Waals surface area contributed by atoms with Gasteiger partial charge < -0.3 is 14.8 Å². The zero-order valence-corrected chi connectivity index (χ0v) is 14.3. The Morgan fingerprint density at radius 1 is 1.38 bits per heavy atom. The van der Waals surface area contributed by atoms with Crippen molar-refractivity contribution in [2.24, 2.45) is 5.92 Å². The van der Waals surface area contributed by atoms with Crippen LogP contribution in [0.2, 0.25) is 5.15 Å².